The van der Waals surface area contributed by atoms with Gasteiger partial charge in [0.05, 0.1) is 11.6 Å². The van der Waals surface area contributed by atoms with E-state index in [0.717, 1.165) is 28.0 Å². The number of hydrogen-bond acceptors (Lipinski definition) is 4. The number of benzene rings is 2. The van der Waals surface area contributed by atoms with Gasteiger partial charge in [-0.15, -0.1) is 0 Å². The number of rotatable bonds is 5. The Bertz CT molecular complexity index is 766. The van der Waals surface area contributed by atoms with Crippen LogP contribution >= 0.6 is 0 Å². The van der Waals surface area contributed by atoms with Crippen LogP contribution in [0, 0.1) is 0 Å². The van der Waals surface area contributed by atoms with Crippen molar-refractivity contribution >= 4 is 16.7 Å². The van der Waals surface area contributed by atoms with Gasteiger partial charge in [-0.1, -0.05) is 24.3 Å². The number of para-hydroxylation sites is 1. The van der Waals surface area contributed by atoms with Crippen molar-refractivity contribution in [3.63, 3.8) is 0 Å². The minimum Gasteiger partial charge on any atom is -0.491 e. The molecule has 0 unspecified atom stereocenters. The molecule has 112 valence electrons. The molecule has 0 atom stereocenters. The van der Waals surface area contributed by atoms with Gasteiger partial charge in [0, 0.05) is 11.9 Å². The predicted octanol–water partition coefficient (Wildman–Crippen LogP) is 4.03. The third-order valence-corrected chi connectivity index (χ3v) is 3.27. The SMILES string of the molecule is CC(C)Oc1cccc(CNc2ncnc3ccccc23)c1. The molecule has 1 heterocycles. The van der Waals surface area contributed by atoms with Gasteiger partial charge in [0.25, 0.3) is 0 Å². The number of anilines is 1. The topological polar surface area (TPSA) is 47.0 Å². The molecule has 4 nitrogen and oxygen atoms in total. The monoisotopic (exact) mass is 293 g/mol. The fourth-order valence-corrected chi connectivity index (χ4v) is 2.33. The Hall–Kier alpha value is -2.62. The maximum Gasteiger partial charge on any atom is 0.137 e. The third-order valence-electron chi connectivity index (χ3n) is 3.27. The molecule has 0 spiro atoms. The Balaban J connectivity index is 1.77. The molecule has 0 fully saturated rings. The van der Waals surface area contributed by atoms with E-state index in [9.17, 15) is 0 Å². The van der Waals surface area contributed by atoms with E-state index in [2.05, 4.69) is 27.4 Å². The summed E-state index contributed by atoms with van der Waals surface area (Å²) in [6.07, 6.45) is 1.76. The second kappa shape index (κ2) is 6.43. The van der Waals surface area contributed by atoms with Crippen LogP contribution in [0.15, 0.2) is 54.9 Å². The minimum absolute atomic E-state index is 0.175. The van der Waals surface area contributed by atoms with E-state index in [-0.39, 0.29) is 6.10 Å². The van der Waals surface area contributed by atoms with Gasteiger partial charge in [0.1, 0.15) is 17.9 Å². The number of nitrogens with one attached hydrogen (secondary N) is 1. The number of ether oxygens (including phenoxy) is 1. The molecule has 4 heteroatoms. The molecule has 2 aromatic carbocycles. The van der Waals surface area contributed by atoms with Crippen molar-refractivity contribution in [2.24, 2.45) is 0 Å². The molecule has 0 amide bonds. The van der Waals surface area contributed by atoms with Crippen LogP contribution in [0.5, 0.6) is 5.75 Å². The summed E-state index contributed by atoms with van der Waals surface area (Å²) in [7, 11) is 0. The summed E-state index contributed by atoms with van der Waals surface area (Å²) < 4.78 is 5.72. The molecule has 3 aromatic rings. The van der Waals surface area contributed by atoms with E-state index in [4.69, 9.17) is 4.74 Å². The van der Waals surface area contributed by atoms with E-state index in [1.165, 1.54) is 0 Å². The summed E-state index contributed by atoms with van der Waals surface area (Å²) in [6, 6.07) is 16.1. The highest BCUT2D eigenvalue weighted by molar-refractivity contribution is 5.88. The summed E-state index contributed by atoms with van der Waals surface area (Å²) in [5, 5.41) is 4.41. The van der Waals surface area contributed by atoms with E-state index in [1.54, 1.807) is 6.33 Å². The molecule has 0 radical (unpaired) electrons. The van der Waals surface area contributed by atoms with Crippen molar-refractivity contribution in [1.29, 1.82) is 0 Å². The Morgan fingerprint density at radius 2 is 1.91 bits per heavy atom. The second-order valence-corrected chi connectivity index (χ2v) is 5.41. The first kappa shape index (κ1) is 14.3. The molecule has 0 aliphatic rings. The number of nitrogens with zero attached hydrogens (tertiary/aromatic N) is 2. The quantitative estimate of drug-likeness (QED) is 0.771. The lowest BCUT2D eigenvalue weighted by atomic mass is 10.2. The van der Waals surface area contributed by atoms with Crippen LogP contribution in [-0.4, -0.2) is 16.1 Å². The fraction of sp³-hybridized carbons (Fsp3) is 0.222. The van der Waals surface area contributed by atoms with Gasteiger partial charge < -0.3 is 10.1 Å². The molecule has 0 aliphatic heterocycles. The van der Waals surface area contributed by atoms with E-state index in [1.807, 2.05) is 50.2 Å². The highest BCUT2D eigenvalue weighted by atomic mass is 16.5. The lowest BCUT2D eigenvalue weighted by molar-refractivity contribution is 0.242. The third kappa shape index (κ3) is 3.34. The Kier molecular flexibility index (Phi) is 4.19. The number of hydrogen-bond donors (Lipinski definition) is 1. The fourth-order valence-electron chi connectivity index (χ4n) is 2.33. The lowest BCUT2D eigenvalue weighted by Gasteiger charge is -2.12. The predicted molar refractivity (Wildman–Crippen MR) is 89.1 cm³/mol. The highest BCUT2D eigenvalue weighted by Gasteiger charge is 2.04. The van der Waals surface area contributed by atoms with E-state index >= 15 is 0 Å². The molecular weight excluding hydrogens is 274 g/mol. The van der Waals surface area contributed by atoms with Crippen LogP contribution in [-0.2, 0) is 6.54 Å². The van der Waals surface area contributed by atoms with Gasteiger partial charge in [-0.25, -0.2) is 9.97 Å². The van der Waals surface area contributed by atoms with Gasteiger partial charge in [-0.2, -0.15) is 0 Å². The molecule has 0 bridgehead atoms. The van der Waals surface area contributed by atoms with Gasteiger partial charge in [0.2, 0.25) is 0 Å². The van der Waals surface area contributed by atoms with Crippen molar-refractivity contribution in [1.82, 2.24) is 9.97 Å². The van der Waals surface area contributed by atoms with Crippen molar-refractivity contribution in [2.45, 2.75) is 26.5 Å². The summed E-state index contributed by atoms with van der Waals surface area (Å²) in [4.78, 5) is 8.61. The average molecular weight is 293 g/mol. The molecule has 1 aromatic heterocycles. The first-order chi connectivity index (χ1) is 10.7. The second-order valence-electron chi connectivity index (χ2n) is 5.41. The van der Waals surface area contributed by atoms with Crippen LogP contribution in [0.3, 0.4) is 0 Å². The maximum absolute atomic E-state index is 5.72. The van der Waals surface area contributed by atoms with Crippen molar-refractivity contribution < 1.29 is 4.74 Å². The van der Waals surface area contributed by atoms with Crippen molar-refractivity contribution in [3.05, 3.63) is 60.4 Å². The maximum atomic E-state index is 5.72. The summed E-state index contributed by atoms with van der Waals surface area (Å²) in [5.41, 5.74) is 2.10. The first-order valence-corrected chi connectivity index (χ1v) is 7.41. The van der Waals surface area contributed by atoms with Crippen LogP contribution in [0.4, 0.5) is 5.82 Å². The van der Waals surface area contributed by atoms with Gasteiger partial charge >= 0.3 is 0 Å². The zero-order valence-corrected chi connectivity index (χ0v) is 12.8. The summed E-state index contributed by atoms with van der Waals surface area (Å²) in [5.74, 6) is 1.74. The van der Waals surface area contributed by atoms with E-state index in [0.29, 0.717) is 6.54 Å². The zero-order chi connectivity index (χ0) is 15.4. The summed E-state index contributed by atoms with van der Waals surface area (Å²) in [6.45, 7) is 4.74. The largest absolute Gasteiger partial charge is 0.491 e. The number of fused-ring (bicyclic) bond motifs is 1. The van der Waals surface area contributed by atoms with Gasteiger partial charge in [-0.05, 0) is 43.7 Å². The standard InChI is InChI=1S/C18H19N3O/c1-13(2)22-15-7-5-6-14(10-15)11-19-18-16-8-3-4-9-17(16)20-12-21-18/h3-10,12-13H,11H2,1-2H3,(H,19,20,21). The molecule has 3 rings (SSSR count). The molecule has 22 heavy (non-hydrogen) atoms. The van der Waals surface area contributed by atoms with E-state index < -0.39 is 0 Å². The normalized spacial score (nSPS) is 10.9. The average Bonchev–Trinajstić information content (AvgIpc) is 2.52. The first-order valence-electron chi connectivity index (χ1n) is 7.41. The van der Waals surface area contributed by atoms with Gasteiger partial charge in [0.15, 0.2) is 0 Å². The Morgan fingerprint density at radius 1 is 1.05 bits per heavy atom. The molecule has 0 saturated carbocycles. The minimum atomic E-state index is 0.175. The Labute approximate surface area is 130 Å². The van der Waals surface area contributed by atoms with Crippen LogP contribution in [0.2, 0.25) is 0 Å². The molecule has 1 N–H and O–H groups in total. The van der Waals surface area contributed by atoms with Crippen LogP contribution < -0.4 is 10.1 Å². The van der Waals surface area contributed by atoms with Crippen molar-refractivity contribution in [2.75, 3.05) is 5.32 Å². The lowest BCUT2D eigenvalue weighted by Crippen LogP contribution is -2.06. The molecular formula is C18H19N3O. The number of aromatic nitrogens is 2. The van der Waals surface area contributed by atoms with Crippen LogP contribution in [0.25, 0.3) is 10.9 Å². The molecule has 0 saturated heterocycles. The van der Waals surface area contributed by atoms with Crippen molar-refractivity contribution in [3.8, 4) is 5.75 Å². The van der Waals surface area contributed by atoms with Crippen LogP contribution in [0.1, 0.15) is 19.4 Å². The van der Waals surface area contributed by atoms with Gasteiger partial charge in [-0.3, -0.25) is 0 Å². The Morgan fingerprint density at radius 3 is 2.77 bits per heavy atom. The summed E-state index contributed by atoms with van der Waals surface area (Å²) >= 11 is 0. The molecule has 0 aliphatic carbocycles. The smallest absolute Gasteiger partial charge is 0.137 e. The zero-order valence-electron chi connectivity index (χ0n) is 12.8. The highest BCUT2D eigenvalue weighted by Crippen LogP contribution is 2.20.